The van der Waals surface area contributed by atoms with Crippen LogP contribution in [0.4, 0.5) is 14.6 Å². The molecule has 0 radical (unpaired) electrons. The molecule has 0 bridgehead atoms. The van der Waals surface area contributed by atoms with Gasteiger partial charge in [0.2, 0.25) is 0 Å². The summed E-state index contributed by atoms with van der Waals surface area (Å²) in [6.45, 7) is 0. The van der Waals surface area contributed by atoms with E-state index in [4.69, 9.17) is 5.73 Å². The number of halogens is 2. The second kappa shape index (κ2) is 4.77. The highest BCUT2D eigenvalue weighted by Gasteiger charge is 2.12. The van der Waals surface area contributed by atoms with Crippen LogP contribution in [0.5, 0.6) is 0 Å². The van der Waals surface area contributed by atoms with Crippen molar-refractivity contribution in [1.82, 2.24) is 9.78 Å². The average molecular weight is 271 g/mol. The van der Waals surface area contributed by atoms with Crippen molar-refractivity contribution in [2.75, 3.05) is 5.73 Å². The third-order valence-electron chi connectivity index (χ3n) is 2.94. The van der Waals surface area contributed by atoms with Gasteiger partial charge >= 0.3 is 0 Å². The molecule has 0 saturated heterocycles. The van der Waals surface area contributed by atoms with Gasteiger partial charge in [-0.3, -0.25) is 0 Å². The van der Waals surface area contributed by atoms with Crippen LogP contribution in [0.25, 0.3) is 16.9 Å². The zero-order valence-corrected chi connectivity index (χ0v) is 10.4. The molecule has 0 spiro atoms. The fraction of sp³-hybridized carbons (Fsp3) is 0. The molecule has 0 unspecified atom stereocenters. The van der Waals surface area contributed by atoms with E-state index in [1.54, 1.807) is 6.07 Å². The number of rotatable bonds is 2. The fourth-order valence-electron chi connectivity index (χ4n) is 2.00. The maximum Gasteiger partial charge on any atom is 0.135 e. The molecule has 0 amide bonds. The van der Waals surface area contributed by atoms with E-state index in [2.05, 4.69) is 5.10 Å². The third kappa shape index (κ3) is 2.14. The topological polar surface area (TPSA) is 43.8 Å². The first kappa shape index (κ1) is 12.3. The first-order valence-electron chi connectivity index (χ1n) is 6.01. The molecule has 5 heteroatoms. The Hall–Kier alpha value is -2.69. The maximum atomic E-state index is 13.7. The molecule has 3 nitrogen and oxygen atoms in total. The first-order valence-corrected chi connectivity index (χ1v) is 6.01. The normalized spacial score (nSPS) is 10.7. The van der Waals surface area contributed by atoms with Gasteiger partial charge in [-0.2, -0.15) is 5.10 Å². The summed E-state index contributed by atoms with van der Waals surface area (Å²) in [6.07, 6.45) is 0. The number of hydrogen-bond donors (Lipinski definition) is 1. The highest BCUT2D eigenvalue weighted by molar-refractivity contribution is 5.64. The lowest BCUT2D eigenvalue weighted by atomic mass is 10.1. The maximum absolute atomic E-state index is 13.7. The molecule has 3 aromatic rings. The molecule has 0 aliphatic carbocycles. The summed E-state index contributed by atoms with van der Waals surface area (Å²) in [7, 11) is 0. The van der Waals surface area contributed by atoms with Crippen molar-refractivity contribution in [3.05, 3.63) is 66.2 Å². The zero-order valence-electron chi connectivity index (χ0n) is 10.4. The molecule has 2 N–H and O–H groups in total. The number of hydrogen-bond acceptors (Lipinski definition) is 2. The summed E-state index contributed by atoms with van der Waals surface area (Å²) < 4.78 is 28.2. The number of para-hydroxylation sites is 1. The first-order chi connectivity index (χ1) is 9.65. The van der Waals surface area contributed by atoms with E-state index >= 15 is 0 Å². The lowest BCUT2D eigenvalue weighted by molar-refractivity contribution is 0.585. The van der Waals surface area contributed by atoms with Crippen molar-refractivity contribution in [3.8, 4) is 16.9 Å². The summed E-state index contributed by atoms with van der Waals surface area (Å²) in [5.74, 6) is -0.903. The van der Waals surface area contributed by atoms with Crippen molar-refractivity contribution in [2.24, 2.45) is 0 Å². The molecule has 3 rings (SSSR count). The van der Waals surface area contributed by atoms with Gasteiger partial charge in [-0.25, -0.2) is 13.5 Å². The zero-order chi connectivity index (χ0) is 14.1. The lowest BCUT2D eigenvalue weighted by Gasteiger charge is -2.03. The highest BCUT2D eigenvalue weighted by Crippen LogP contribution is 2.25. The molecular formula is C15H11F2N3. The molecule has 0 fully saturated rings. The van der Waals surface area contributed by atoms with Gasteiger partial charge in [-0.15, -0.1) is 0 Å². The molecule has 100 valence electrons. The van der Waals surface area contributed by atoms with Crippen LogP contribution in [0.1, 0.15) is 0 Å². The minimum Gasteiger partial charge on any atom is -0.384 e. The Morgan fingerprint density at radius 1 is 0.950 bits per heavy atom. The largest absolute Gasteiger partial charge is 0.384 e. The molecular weight excluding hydrogens is 260 g/mol. The minimum absolute atomic E-state index is 0.216. The summed E-state index contributed by atoms with van der Waals surface area (Å²) in [5, 5.41) is 4.27. The Balaban J connectivity index is 2.09. The Labute approximate surface area is 114 Å². The molecule has 0 aliphatic rings. The quantitative estimate of drug-likeness (QED) is 0.776. The molecule has 20 heavy (non-hydrogen) atoms. The van der Waals surface area contributed by atoms with Gasteiger partial charge in [0.25, 0.3) is 0 Å². The number of nitrogen functional groups attached to an aromatic ring is 1. The Morgan fingerprint density at radius 2 is 1.70 bits per heavy atom. The monoisotopic (exact) mass is 271 g/mol. The number of aromatic nitrogens is 2. The van der Waals surface area contributed by atoms with Crippen molar-refractivity contribution in [2.45, 2.75) is 0 Å². The number of nitrogens with zero attached hydrogens (tertiary/aromatic N) is 2. The smallest absolute Gasteiger partial charge is 0.135 e. The van der Waals surface area contributed by atoms with Crippen LogP contribution < -0.4 is 5.73 Å². The summed E-state index contributed by atoms with van der Waals surface area (Å²) in [6, 6.07) is 14.2. The number of anilines is 1. The number of benzene rings is 2. The van der Waals surface area contributed by atoms with E-state index in [0.29, 0.717) is 11.5 Å². The standard InChI is InChI=1S/C15H11F2N3/c16-10-6-7-12(13(17)8-10)14-9-15(18)20(19-14)11-4-2-1-3-5-11/h1-9H,18H2. The predicted octanol–water partition coefficient (Wildman–Crippen LogP) is 3.40. The fourth-order valence-corrected chi connectivity index (χ4v) is 2.00. The molecule has 2 aromatic carbocycles. The number of nitrogens with two attached hydrogens (primary N) is 1. The van der Waals surface area contributed by atoms with Crippen LogP contribution in [0.2, 0.25) is 0 Å². The van der Waals surface area contributed by atoms with Gasteiger partial charge in [-0.1, -0.05) is 18.2 Å². The third-order valence-corrected chi connectivity index (χ3v) is 2.94. The van der Waals surface area contributed by atoms with Crippen molar-refractivity contribution >= 4 is 5.82 Å². The van der Waals surface area contributed by atoms with Gasteiger partial charge in [0, 0.05) is 17.7 Å². The van der Waals surface area contributed by atoms with Gasteiger partial charge in [0.15, 0.2) is 0 Å². The molecule has 1 heterocycles. The van der Waals surface area contributed by atoms with Gasteiger partial charge < -0.3 is 5.73 Å². The summed E-state index contributed by atoms with van der Waals surface area (Å²) in [4.78, 5) is 0. The second-order valence-corrected chi connectivity index (χ2v) is 4.33. The molecule has 0 atom stereocenters. The van der Waals surface area contributed by atoms with Crippen LogP contribution in [-0.2, 0) is 0 Å². The van der Waals surface area contributed by atoms with E-state index in [9.17, 15) is 8.78 Å². The van der Waals surface area contributed by atoms with Crippen LogP contribution in [0.3, 0.4) is 0 Å². The van der Waals surface area contributed by atoms with Crippen LogP contribution in [0, 0.1) is 11.6 Å². The van der Waals surface area contributed by atoms with Crippen LogP contribution in [0.15, 0.2) is 54.6 Å². The van der Waals surface area contributed by atoms with E-state index in [1.165, 1.54) is 16.8 Å². The Morgan fingerprint density at radius 3 is 2.40 bits per heavy atom. The van der Waals surface area contributed by atoms with E-state index in [-0.39, 0.29) is 5.56 Å². The van der Waals surface area contributed by atoms with Crippen molar-refractivity contribution in [1.29, 1.82) is 0 Å². The van der Waals surface area contributed by atoms with Crippen LogP contribution in [-0.4, -0.2) is 9.78 Å². The van der Waals surface area contributed by atoms with Gasteiger partial charge in [-0.05, 0) is 24.3 Å². The van der Waals surface area contributed by atoms with Crippen LogP contribution >= 0.6 is 0 Å². The van der Waals surface area contributed by atoms with E-state index in [1.807, 2.05) is 30.3 Å². The minimum atomic E-state index is -0.664. The lowest BCUT2D eigenvalue weighted by Crippen LogP contribution is -2.01. The Kier molecular flexibility index (Phi) is 2.95. The highest BCUT2D eigenvalue weighted by atomic mass is 19.1. The summed E-state index contributed by atoms with van der Waals surface area (Å²) >= 11 is 0. The van der Waals surface area contributed by atoms with Crippen molar-refractivity contribution < 1.29 is 8.78 Å². The second-order valence-electron chi connectivity index (χ2n) is 4.33. The van der Waals surface area contributed by atoms with Gasteiger partial charge in [0.1, 0.15) is 17.5 Å². The predicted molar refractivity (Wildman–Crippen MR) is 73.3 cm³/mol. The van der Waals surface area contributed by atoms with E-state index < -0.39 is 11.6 Å². The van der Waals surface area contributed by atoms with E-state index in [0.717, 1.165) is 11.8 Å². The molecule has 1 aromatic heterocycles. The Bertz CT molecular complexity index is 751. The molecule has 0 aliphatic heterocycles. The van der Waals surface area contributed by atoms with Gasteiger partial charge in [0.05, 0.1) is 11.4 Å². The average Bonchev–Trinajstić information content (AvgIpc) is 2.81. The van der Waals surface area contributed by atoms with Crippen molar-refractivity contribution in [3.63, 3.8) is 0 Å². The summed E-state index contributed by atoms with van der Waals surface area (Å²) in [5.41, 5.74) is 7.25. The SMILES string of the molecule is Nc1cc(-c2ccc(F)cc2F)nn1-c1ccccc1. The molecule has 0 saturated carbocycles.